The Kier molecular flexibility index (Phi) is 3.30. The maximum atomic E-state index is 6.16. The summed E-state index contributed by atoms with van der Waals surface area (Å²) in [6.45, 7) is 0.534. The van der Waals surface area contributed by atoms with Crippen LogP contribution in [0, 0.1) is 0 Å². The second kappa shape index (κ2) is 5.25. The molecule has 0 aliphatic carbocycles. The van der Waals surface area contributed by atoms with Crippen molar-refractivity contribution in [1.29, 1.82) is 0 Å². The Morgan fingerprint density at radius 2 is 2.20 bits per heavy atom. The van der Waals surface area contributed by atoms with E-state index in [2.05, 4.69) is 31.2 Å². The minimum Gasteiger partial charge on any atom is -0.378 e. The molecule has 0 amide bonds. The van der Waals surface area contributed by atoms with Crippen LogP contribution in [0.3, 0.4) is 0 Å². The molecular weight excluding hydrogens is 280 g/mol. The van der Waals surface area contributed by atoms with E-state index in [9.17, 15) is 0 Å². The van der Waals surface area contributed by atoms with Crippen LogP contribution in [-0.4, -0.2) is 35.2 Å². The van der Waals surface area contributed by atoms with E-state index in [1.165, 1.54) is 6.33 Å². The number of halogens is 1. The second-order valence-electron chi connectivity index (χ2n) is 4.16. The molecule has 0 radical (unpaired) electrons. The largest absolute Gasteiger partial charge is 0.378 e. The van der Waals surface area contributed by atoms with Crippen molar-refractivity contribution in [3.05, 3.63) is 41.4 Å². The van der Waals surface area contributed by atoms with Gasteiger partial charge in [-0.25, -0.2) is 4.68 Å². The summed E-state index contributed by atoms with van der Waals surface area (Å²) < 4.78 is 3.21. The van der Waals surface area contributed by atoms with Crippen molar-refractivity contribution in [2.45, 2.75) is 6.54 Å². The van der Waals surface area contributed by atoms with E-state index in [-0.39, 0.29) is 0 Å². The molecular formula is C11H11ClN8. The van der Waals surface area contributed by atoms with Crippen LogP contribution in [0.25, 0.3) is 5.69 Å². The number of benzene rings is 1. The summed E-state index contributed by atoms with van der Waals surface area (Å²) in [7, 11) is 1.82. The van der Waals surface area contributed by atoms with Gasteiger partial charge >= 0.3 is 0 Å². The van der Waals surface area contributed by atoms with Crippen molar-refractivity contribution < 1.29 is 0 Å². The van der Waals surface area contributed by atoms with Gasteiger partial charge in [-0.2, -0.15) is 0 Å². The third kappa shape index (κ3) is 2.59. The molecule has 0 bridgehead atoms. The van der Waals surface area contributed by atoms with E-state index in [1.807, 2.05) is 25.4 Å². The number of nitrogens with one attached hydrogen (secondary N) is 1. The first-order chi connectivity index (χ1) is 9.72. The SMILES string of the molecule is Cn1cc(CNc2cc(-n3cnnn3)ccc2Cl)nn1. The van der Waals surface area contributed by atoms with E-state index in [4.69, 9.17) is 11.6 Å². The molecule has 3 aromatic rings. The first-order valence-corrected chi connectivity index (χ1v) is 6.22. The average Bonchev–Trinajstić information content (AvgIpc) is 3.09. The number of aryl methyl sites for hydroxylation is 1. The van der Waals surface area contributed by atoms with Crippen molar-refractivity contribution >= 4 is 17.3 Å². The Morgan fingerprint density at radius 3 is 2.90 bits per heavy atom. The van der Waals surface area contributed by atoms with Gasteiger partial charge in [-0.05, 0) is 28.6 Å². The Hall–Kier alpha value is -2.48. The zero-order valence-electron chi connectivity index (χ0n) is 10.6. The van der Waals surface area contributed by atoms with Crippen molar-refractivity contribution in [1.82, 2.24) is 35.2 Å². The van der Waals surface area contributed by atoms with Crippen LogP contribution < -0.4 is 5.32 Å². The van der Waals surface area contributed by atoms with Crippen LogP contribution in [0.2, 0.25) is 5.02 Å². The smallest absolute Gasteiger partial charge is 0.143 e. The molecule has 2 heterocycles. The second-order valence-corrected chi connectivity index (χ2v) is 4.56. The van der Waals surface area contributed by atoms with E-state index in [0.717, 1.165) is 17.1 Å². The summed E-state index contributed by atoms with van der Waals surface area (Å²) in [5.41, 5.74) is 2.43. The summed E-state index contributed by atoms with van der Waals surface area (Å²) in [4.78, 5) is 0. The van der Waals surface area contributed by atoms with Gasteiger partial charge in [-0.1, -0.05) is 16.8 Å². The zero-order valence-corrected chi connectivity index (χ0v) is 11.4. The van der Waals surface area contributed by atoms with Gasteiger partial charge in [-0.15, -0.1) is 10.2 Å². The molecule has 0 fully saturated rings. The number of anilines is 1. The molecule has 2 aromatic heterocycles. The molecule has 102 valence electrons. The van der Waals surface area contributed by atoms with E-state index < -0.39 is 0 Å². The molecule has 1 aromatic carbocycles. The van der Waals surface area contributed by atoms with Crippen LogP contribution in [0.4, 0.5) is 5.69 Å². The topological polar surface area (TPSA) is 86.3 Å². The summed E-state index contributed by atoms with van der Waals surface area (Å²) >= 11 is 6.16. The summed E-state index contributed by atoms with van der Waals surface area (Å²) in [6, 6.07) is 5.50. The molecule has 20 heavy (non-hydrogen) atoms. The molecule has 0 aliphatic rings. The Bertz CT molecular complexity index is 705. The maximum absolute atomic E-state index is 6.16. The number of hydrogen-bond acceptors (Lipinski definition) is 6. The third-order valence-electron chi connectivity index (χ3n) is 2.67. The first-order valence-electron chi connectivity index (χ1n) is 5.84. The number of tetrazole rings is 1. The Labute approximate surface area is 119 Å². The van der Waals surface area contributed by atoms with Gasteiger partial charge in [0.05, 0.1) is 22.9 Å². The number of rotatable bonds is 4. The first kappa shape index (κ1) is 12.5. The van der Waals surface area contributed by atoms with Crippen LogP contribution in [0.5, 0.6) is 0 Å². The highest BCUT2D eigenvalue weighted by Gasteiger charge is 2.05. The Balaban J connectivity index is 1.80. The highest BCUT2D eigenvalue weighted by Crippen LogP contribution is 2.24. The highest BCUT2D eigenvalue weighted by atomic mass is 35.5. The molecule has 8 nitrogen and oxygen atoms in total. The fraction of sp³-hybridized carbons (Fsp3) is 0.182. The molecule has 0 aliphatic heterocycles. The van der Waals surface area contributed by atoms with Crippen LogP contribution in [0.1, 0.15) is 5.69 Å². The lowest BCUT2D eigenvalue weighted by Gasteiger charge is -2.08. The predicted molar refractivity (Wildman–Crippen MR) is 72.5 cm³/mol. The van der Waals surface area contributed by atoms with Gasteiger partial charge < -0.3 is 5.32 Å². The molecule has 3 rings (SSSR count). The van der Waals surface area contributed by atoms with Gasteiger partial charge in [0.15, 0.2) is 0 Å². The lowest BCUT2D eigenvalue weighted by molar-refractivity contribution is 0.713. The fourth-order valence-electron chi connectivity index (χ4n) is 1.73. The van der Waals surface area contributed by atoms with Gasteiger partial charge in [0, 0.05) is 13.2 Å². The minimum absolute atomic E-state index is 0.534. The van der Waals surface area contributed by atoms with E-state index >= 15 is 0 Å². The van der Waals surface area contributed by atoms with Crippen LogP contribution in [0.15, 0.2) is 30.7 Å². The minimum atomic E-state index is 0.534. The highest BCUT2D eigenvalue weighted by molar-refractivity contribution is 6.33. The molecule has 0 saturated carbocycles. The van der Waals surface area contributed by atoms with Crippen LogP contribution in [-0.2, 0) is 13.6 Å². The van der Waals surface area contributed by atoms with Crippen molar-refractivity contribution in [3.63, 3.8) is 0 Å². The molecule has 0 atom stereocenters. The fourth-order valence-corrected chi connectivity index (χ4v) is 1.92. The average molecular weight is 291 g/mol. The van der Waals surface area contributed by atoms with Crippen molar-refractivity contribution in [2.75, 3.05) is 5.32 Å². The van der Waals surface area contributed by atoms with E-state index in [0.29, 0.717) is 11.6 Å². The number of hydrogen-bond donors (Lipinski definition) is 1. The van der Waals surface area contributed by atoms with Crippen LogP contribution >= 0.6 is 11.6 Å². The van der Waals surface area contributed by atoms with Gasteiger partial charge in [0.1, 0.15) is 12.0 Å². The monoisotopic (exact) mass is 290 g/mol. The van der Waals surface area contributed by atoms with Crippen molar-refractivity contribution in [2.24, 2.45) is 7.05 Å². The zero-order chi connectivity index (χ0) is 13.9. The molecule has 0 spiro atoms. The summed E-state index contributed by atoms with van der Waals surface area (Å²) in [5, 5.41) is 22.8. The third-order valence-corrected chi connectivity index (χ3v) is 3.00. The molecule has 9 heteroatoms. The van der Waals surface area contributed by atoms with Gasteiger partial charge in [-0.3, -0.25) is 4.68 Å². The standard InChI is InChI=1S/C11H11ClN8/c1-19-6-8(15-17-19)5-13-11-4-9(2-3-10(11)12)20-7-14-16-18-20/h2-4,6-7,13H,5H2,1H3. The van der Waals surface area contributed by atoms with Gasteiger partial charge in [0.25, 0.3) is 0 Å². The Morgan fingerprint density at radius 1 is 1.30 bits per heavy atom. The molecule has 0 saturated heterocycles. The lowest BCUT2D eigenvalue weighted by Crippen LogP contribution is -2.02. The summed E-state index contributed by atoms with van der Waals surface area (Å²) in [6.07, 6.45) is 3.36. The van der Waals surface area contributed by atoms with E-state index in [1.54, 1.807) is 15.4 Å². The molecule has 1 N–H and O–H groups in total. The maximum Gasteiger partial charge on any atom is 0.143 e. The number of aromatic nitrogens is 7. The normalized spacial score (nSPS) is 10.7. The summed E-state index contributed by atoms with van der Waals surface area (Å²) in [5.74, 6) is 0. The van der Waals surface area contributed by atoms with Gasteiger partial charge in [0.2, 0.25) is 0 Å². The molecule has 0 unspecified atom stereocenters. The number of nitrogens with zero attached hydrogens (tertiary/aromatic N) is 7. The predicted octanol–water partition coefficient (Wildman–Crippen LogP) is 1.06. The quantitative estimate of drug-likeness (QED) is 0.773. The van der Waals surface area contributed by atoms with Crippen molar-refractivity contribution in [3.8, 4) is 5.69 Å². The lowest BCUT2D eigenvalue weighted by atomic mass is 10.2.